The molecule has 0 amide bonds. The molecule has 1 fully saturated rings. The third-order valence-electron chi connectivity index (χ3n) is 6.47. The zero-order valence-corrected chi connectivity index (χ0v) is 24.4. The first-order valence-corrected chi connectivity index (χ1v) is 14.6. The number of methoxy groups -OCH3 is 2. The zero-order valence-electron chi connectivity index (χ0n) is 23.6. The lowest BCUT2D eigenvalue weighted by Crippen LogP contribution is -2.38. The maximum absolute atomic E-state index is 5.83. The second-order valence-corrected chi connectivity index (χ2v) is 10.2. The van der Waals surface area contributed by atoms with E-state index in [1.54, 1.807) is 25.6 Å². The van der Waals surface area contributed by atoms with Crippen LogP contribution in [0.1, 0.15) is 16.8 Å². The largest absolute Gasteiger partial charge is 0.497 e. The molecule has 9 nitrogen and oxygen atoms in total. The Morgan fingerprint density at radius 3 is 2.05 bits per heavy atom. The maximum atomic E-state index is 5.83. The summed E-state index contributed by atoms with van der Waals surface area (Å²) in [7, 11) is 3.37. The average molecular weight is 572 g/mol. The molecular weight excluding hydrogens is 530 g/mol. The number of hydrogen-bond donors (Lipinski definition) is 0. The fourth-order valence-corrected chi connectivity index (χ4v) is 5.13. The quantitative estimate of drug-likeness (QED) is 0.208. The fourth-order valence-electron chi connectivity index (χ4n) is 4.32. The Kier molecular flexibility index (Phi) is 13.0. The molecule has 1 aliphatic rings. The second-order valence-electron chi connectivity index (χ2n) is 9.41. The standard InChI is InChI=1S/C30H41N3O6S/c1-34-28-7-3-5-25(19-28)21-33(22-26-6-4-8-29(20-26)35-2)30-31-27(24-40-30)23-39-18-17-38-16-15-37-14-11-32-9-12-36-13-10-32/h3-8,19-20,24H,9-18,21-23H2,1-2H3. The van der Waals surface area contributed by atoms with Crippen molar-refractivity contribution < 1.29 is 28.4 Å². The summed E-state index contributed by atoms with van der Waals surface area (Å²) in [5, 5.41) is 3.00. The van der Waals surface area contributed by atoms with Crippen molar-refractivity contribution in [3.63, 3.8) is 0 Å². The van der Waals surface area contributed by atoms with Crippen LogP contribution < -0.4 is 14.4 Å². The molecule has 1 aliphatic heterocycles. The molecule has 1 saturated heterocycles. The van der Waals surface area contributed by atoms with Crippen molar-refractivity contribution in [2.24, 2.45) is 0 Å². The molecule has 10 heteroatoms. The number of thiazole rings is 1. The molecule has 1 aromatic heterocycles. The number of rotatable bonds is 18. The summed E-state index contributed by atoms with van der Waals surface area (Å²) in [4.78, 5) is 9.50. The molecule has 0 spiro atoms. The van der Waals surface area contributed by atoms with Gasteiger partial charge in [-0.25, -0.2) is 4.98 Å². The summed E-state index contributed by atoms with van der Waals surface area (Å²) in [5.74, 6) is 1.68. The first kappa shape index (κ1) is 30.2. The molecule has 2 heterocycles. The predicted molar refractivity (Wildman–Crippen MR) is 157 cm³/mol. The summed E-state index contributed by atoms with van der Waals surface area (Å²) in [6.45, 7) is 9.31. The summed E-state index contributed by atoms with van der Waals surface area (Å²) < 4.78 is 33.4. The molecule has 218 valence electrons. The summed E-state index contributed by atoms with van der Waals surface area (Å²) in [6, 6.07) is 16.3. The lowest BCUT2D eigenvalue weighted by atomic mass is 10.1. The van der Waals surface area contributed by atoms with Gasteiger partial charge in [0.2, 0.25) is 0 Å². The highest BCUT2D eigenvalue weighted by Gasteiger charge is 2.14. The van der Waals surface area contributed by atoms with E-state index in [2.05, 4.69) is 39.4 Å². The van der Waals surface area contributed by atoms with E-state index >= 15 is 0 Å². The van der Waals surface area contributed by atoms with Crippen molar-refractivity contribution in [3.05, 3.63) is 70.7 Å². The van der Waals surface area contributed by atoms with Crippen LogP contribution in [0.15, 0.2) is 53.9 Å². The molecule has 3 aromatic rings. The molecule has 4 rings (SSSR count). The van der Waals surface area contributed by atoms with Gasteiger partial charge >= 0.3 is 0 Å². The fraction of sp³-hybridized carbons (Fsp3) is 0.500. The van der Waals surface area contributed by atoms with Gasteiger partial charge < -0.3 is 33.3 Å². The van der Waals surface area contributed by atoms with Crippen LogP contribution in [0, 0.1) is 0 Å². The van der Waals surface area contributed by atoms with Gasteiger partial charge in [0.25, 0.3) is 0 Å². The minimum Gasteiger partial charge on any atom is -0.497 e. The van der Waals surface area contributed by atoms with Crippen LogP contribution in [0.25, 0.3) is 0 Å². The van der Waals surface area contributed by atoms with Gasteiger partial charge in [-0.2, -0.15) is 0 Å². The number of aromatic nitrogens is 1. The topological polar surface area (TPSA) is 74.8 Å². The number of nitrogens with zero attached hydrogens (tertiary/aromatic N) is 3. The average Bonchev–Trinajstić information content (AvgIpc) is 3.47. The van der Waals surface area contributed by atoms with Gasteiger partial charge in [0.15, 0.2) is 5.13 Å². The smallest absolute Gasteiger partial charge is 0.186 e. The van der Waals surface area contributed by atoms with Gasteiger partial charge in [-0.15, -0.1) is 11.3 Å². The van der Waals surface area contributed by atoms with Crippen LogP contribution in [0.5, 0.6) is 11.5 Å². The molecule has 0 atom stereocenters. The third kappa shape index (κ3) is 10.3. The van der Waals surface area contributed by atoms with Crippen LogP contribution in [0.3, 0.4) is 0 Å². The highest BCUT2D eigenvalue weighted by molar-refractivity contribution is 7.13. The van der Waals surface area contributed by atoms with Gasteiger partial charge in [-0.1, -0.05) is 24.3 Å². The molecule has 40 heavy (non-hydrogen) atoms. The molecule has 0 N–H and O–H groups in total. The van der Waals surface area contributed by atoms with E-state index in [9.17, 15) is 0 Å². The van der Waals surface area contributed by atoms with Crippen molar-refractivity contribution in [1.29, 1.82) is 0 Å². The van der Waals surface area contributed by atoms with Gasteiger partial charge in [-0.05, 0) is 35.4 Å². The lowest BCUT2D eigenvalue weighted by molar-refractivity contribution is -0.00433. The van der Waals surface area contributed by atoms with Gasteiger partial charge in [0, 0.05) is 38.1 Å². The van der Waals surface area contributed by atoms with E-state index in [1.807, 2.05) is 24.3 Å². The Morgan fingerprint density at radius 2 is 1.43 bits per heavy atom. The van der Waals surface area contributed by atoms with E-state index in [0.29, 0.717) is 46.1 Å². The minimum atomic E-state index is 0.446. The Balaban J connectivity index is 1.20. The normalized spacial score (nSPS) is 13.8. The molecule has 0 unspecified atom stereocenters. The zero-order chi connectivity index (χ0) is 27.8. The highest BCUT2D eigenvalue weighted by Crippen LogP contribution is 2.27. The summed E-state index contributed by atoms with van der Waals surface area (Å²) in [5.41, 5.74) is 3.21. The summed E-state index contributed by atoms with van der Waals surface area (Å²) in [6.07, 6.45) is 0. The number of anilines is 1. The monoisotopic (exact) mass is 571 g/mol. The van der Waals surface area contributed by atoms with Gasteiger partial charge in [0.05, 0.1) is 72.8 Å². The van der Waals surface area contributed by atoms with Crippen LogP contribution >= 0.6 is 11.3 Å². The molecule has 2 aromatic carbocycles. The predicted octanol–water partition coefficient (Wildman–Crippen LogP) is 4.25. The van der Waals surface area contributed by atoms with E-state index in [1.165, 1.54) is 0 Å². The molecule has 0 bridgehead atoms. The van der Waals surface area contributed by atoms with Crippen molar-refractivity contribution in [1.82, 2.24) is 9.88 Å². The van der Waals surface area contributed by atoms with Gasteiger partial charge in [-0.3, -0.25) is 4.90 Å². The molecule has 0 aliphatic carbocycles. The second kappa shape index (κ2) is 17.2. The Morgan fingerprint density at radius 1 is 0.825 bits per heavy atom. The van der Waals surface area contributed by atoms with Crippen LogP contribution in [0.2, 0.25) is 0 Å². The molecule has 0 radical (unpaired) electrons. The summed E-state index contributed by atoms with van der Waals surface area (Å²) >= 11 is 1.62. The van der Waals surface area contributed by atoms with E-state index in [-0.39, 0.29) is 0 Å². The maximum Gasteiger partial charge on any atom is 0.186 e. The van der Waals surface area contributed by atoms with Crippen LogP contribution in [-0.4, -0.2) is 90.0 Å². The Hall–Kier alpha value is -2.73. The van der Waals surface area contributed by atoms with Crippen molar-refractivity contribution >= 4 is 16.5 Å². The van der Waals surface area contributed by atoms with E-state index < -0.39 is 0 Å². The minimum absolute atomic E-state index is 0.446. The first-order chi connectivity index (χ1) is 19.7. The van der Waals surface area contributed by atoms with Gasteiger partial charge in [0.1, 0.15) is 11.5 Å². The Labute approximate surface area is 241 Å². The number of hydrogen-bond acceptors (Lipinski definition) is 10. The number of benzene rings is 2. The molecule has 0 saturated carbocycles. The van der Waals surface area contributed by atoms with Crippen LogP contribution in [-0.2, 0) is 38.6 Å². The number of ether oxygens (including phenoxy) is 6. The van der Waals surface area contributed by atoms with Crippen molar-refractivity contribution in [2.75, 3.05) is 85.0 Å². The highest BCUT2D eigenvalue weighted by atomic mass is 32.1. The van der Waals surface area contributed by atoms with Crippen LogP contribution in [0.4, 0.5) is 5.13 Å². The van der Waals surface area contributed by atoms with Crippen molar-refractivity contribution in [3.8, 4) is 11.5 Å². The SMILES string of the molecule is COc1cccc(CN(Cc2cccc(OC)c2)c2nc(COCCOCCOCCN3CCOCC3)cs2)c1. The third-order valence-corrected chi connectivity index (χ3v) is 7.43. The number of morpholine rings is 1. The van der Waals surface area contributed by atoms with E-state index in [0.717, 1.165) is 72.9 Å². The lowest BCUT2D eigenvalue weighted by Gasteiger charge is -2.26. The molecular formula is C30H41N3O6S. The van der Waals surface area contributed by atoms with E-state index in [4.69, 9.17) is 33.4 Å². The van der Waals surface area contributed by atoms with Crippen molar-refractivity contribution in [2.45, 2.75) is 19.7 Å². The Bertz CT molecular complexity index is 1070. The first-order valence-electron chi connectivity index (χ1n) is 13.7.